The highest BCUT2D eigenvalue weighted by atomic mass is 35.5. The Balaban J connectivity index is 3.07. The van der Waals surface area contributed by atoms with Crippen LogP contribution in [-0.2, 0) is 0 Å². The zero-order valence-corrected chi connectivity index (χ0v) is 13.7. The number of halogens is 1. The smallest absolute Gasteiger partial charge is 0.120 e. The van der Waals surface area contributed by atoms with Gasteiger partial charge in [0.2, 0.25) is 0 Å². The van der Waals surface area contributed by atoms with Crippen LogP contribution < -0.4 is 5.73 Å². The van der Waals surface area contributed by atoms with Gasteiger partial charge in [-0.2, -0.15) is 0 Å². The Labute approximate surface area is 127 Å². The Hall–Kier alpha value is -0.770. The molecule has 1 atom stereocenters. The van der Waals surface area contributed by atoms with Gasteiger partial charge < -0.3 is 10.8 Å². The third-order valence-electron chi connectivity index (χ3n) is 3.21. The van der Waals surface area contributed by atoms with Gasteiger partial charge in [0.05, 0.1) is 6.04 Å². The number of nitrogens with zero attached hydrogens (tertiary/aromatic N) is 1. The molecule has 1 aromatic carbocycles. The standard InChI is InChI=1S/C16H27ClN2O/c1-11(2)9-19(10-12(3)4)15(8-18)14-7-13(17)5-6-16(14)20/h5-7,11-12,15,20H,8-10,18H2,1-4H3. The molecule has 0 fully saturated rings. The molecule has 20 heavy (non-hydrogen) atoms. The molecule has 4 heteroatoms. The van der Waals surface area contributed by atoms with E-state index < -0.39 is 0 Å². The lowest BCUT2D eigenvalue weighted by Crippen LogP contribution is -2.38. The van der Waals surface area contributed by atoms with Gasteiger partial charge in [-0.25, -0.2) is 0 Å². The summed E-state index contributed by atoms with van der Waals surface area (Å²) in [5.74, 6) is 1.36. The van der Waals surface area contributed by atoms with E-state index in [1.165, 1.54) is 0 Å². The van der Waals surface area contributed by atoms with Gasteiger partial charge in [-0.15, -0.1) is 0 Å². The monoisotopic (exact) mass is 298 g/mol. The number of phenols is 1. The number of phenolic OH excluding ortho intramolecular Hbond substituents is 1. The summed E-state index contributed by atoms with van der Waals surface area (Å²) in [7, 11) is 0. The van der Waals surface area contributed by atoms with Crippen molar-refractivity contribution in [1.29, 1.82) is 0 Å². The molecule has 0 spiro atoms. The summed E-state index contributed by atoms with van der Waals surface area (Å²) < 4.78 is 0. The molecule has 1 rings (SSSR count). The van der Waals surface area contributed by atoms with Crippen molar-refractivity contribution >= 4 is 11.6 Å². The maximum atomic E-state index is 10.1. The second kappa shape index (κ2) is 7.87. The highest BCUT2D eigenvalue weighted by molar-refractivity contribution is 6.30. The second-order valence-corrected chi connectivity index (χ2v) is 6.63. The predicted octanol–water partition coefficient (Wildman–Crippen LogP) is 3.66. The Morgan fingerprint density at radius 2 is 1.70 bits per heavy atom. The van der Waals surface area contributed by atoms with Gasteiger partial charge in [-0.1, -0.05) is 39.3 Å². The van der Waals surface area contributed by atoms with E-state index in [0.29, 0.717) is 23.4 Å². The van der Waals surface area contributed by atoms with E-state index in [2.05, 4.69) is 32.6 Å². The van der Waals surface area contributed by atoms with Crippen LogP contribution in [0.25, 0.3) is 0 Å². The first-order chi connectivity index (χ1) is 9.35. The van der Waals surface area contributed by atoms with E-state index in [-0.39, 0.29) is 11.8 Å². The lowest BCUT2D eigenvalue weighted by atomic mass is 10.0. The summed E-state index contributed by atoms with van der Waals surface area (Å²) in [6, 6.07) is 5.16. The highest BCUT2D eigenvalue weighted by Crippen LogP contribution is 2.31. The zero-order valence-electron chi connectivity index (χ0n) is 12.9. The Kier molecular flexibility index (Phi) is 6.80. The van der Waals surface area contributed by atoms with E-state index in [0.717, 1.165) is 18.7 Å². The normalized spacial score (nSPS) is 13.4. The minimum Gasteiger partial charge on any atom is -0.508 e. The molecule has 0 aliphatic rings. The van der Waals surface area contributed by atoms with Crippen molar-refractivity contribution in [2.45, 2.75) is 33.7 Å². The first kappa shape index (κ1) is 17.3. The molecule has 1 aromatic rings. The molecule has 0 aliphatic carbocycles. The van der Waals surface area contributed by atoms with Gasteiger partial charge in [0, 0.05) is 30.2 Å². The number of benzene rings is 1. The van der Waals surface area contributed by atoms with Gasteiger partial charge in [-0.05, 0) is 30.0 Å². The van der Waals surface area contributed by atoms with Gasteiger partial charge in [0.25, 0.3) is 0 Å². The molecular weight excluding hydrogens is 272 g/mol. The van der Waals surface area contributed by atoms with Crippen molar-refractivity contribution in [2.24, 2.45) is 17.6 Å². The van der Waals surface area contributed by atoms with Crippen LogP contribution in [0.15, 0.2) is 18.2 Å². The van der Waals surface area contributed by atoms with Crippen LogP contribution >= 0.6 is 11.6 Å². The first-order valence-electron chi connectivity index (χ1n) is 7.27. The van der Waals surface area contributed by atoms with E-state index in [1.54, 1.807) is 12.1 Å². The molecule has 0 aliphatic heterocycles. The third kappa shape index (κ3) is 4.97. The van der Waals surface area contributed by atoms with Crippen LogP contribution in [0.4, 0.5) is 0 Å². The molecule has 1 unspecified atom stereocenters. The van der Waals surface area contributed by atoms with Crippen LogP contribution in [0.3, 0.4) is 0 Å². The molecule has 0 aromatic heterocycles. The SMILES string of the molecule is CC(C)CN(CC(C)C)C(CN)c1cc(Cl)ccc1O. The number of aromatic hydroxyl groups is 1. The van der Waals surface area contributed by atoms with E-state index in [4.69, 9.17) is 17.3 Å². The first-order valence-corrected chi connectivity index (χ1v) is 7.65. The summed E-state index contributed by atoms with van der Waals surface area (Å²) in [4.78, 5) is 2.35. The molecule has 114 valence electrons. The lowest BCUT2D eigenvalue weighted by Gasteiger charge is -2.34. The predicted molar refractivity (Wildman–Crippen MR) is 86.2 cm³/mol. The van der Waals surface area contributed by atoms with Crippen molar-refractivity contribution in [3.63, 3.8) is 0 Å². The Bertz CT molecular complexity index is 411. The van der Waals surface area contributed by atoms with Crippen molar-refractivity contribution in [1.82, 2.24) is 4.90 Å². The minimum absolute atomic E-state index is 0.00139. The fraction of sp³-hybridized carbons (Fsp3) is 0.625. The summed E-state index contributed by atoms with van der Waals surface area (Å²) in [6.45, 7) is 11.1. The molecule has 0 saturated heterocycles. The summed E-state index contributed by atoms with van der Waals surface area (Å²) in [5.41, 5.74) is 6.80. The minimum atomic E-state index is -0.00139. The summed E-state index contributed by atoms with van der Waals surface area (Å²) in [5, 5.41) is 10.7. The fourth-order valence-corrected chi connectivity index (χ4v) is 2.71. The average Bonchev–Trinajstić information content (AvgIpc) is 2.32. The van der Waals surface area contributed by atoms with Crippen LogP contribution in [0.5, 0.6) is 5.75 Å². The third-order valence-corrected chi connectivity index (χ3v) is 3.45. The fourth-order valence-electron chi connectivity index (χ4n) is 2.53. The topological polar surface area (TPSA) is 49.5 Å². The van der Waals surface area contributed by atoms with E-state index >= 15 is 0 Å². The largest absolute Gasteiger partial charge is 0.508 e. The van der Waals surface area contributed by atoms with Crippen LogP contribution in [-0.4, -0.2) is 29.6 Å². The maximum absolute atomic E-state index is 10.1. The molecule has 0 heterocycles. The van der Waals surface area contributed by atoms with Crippen LogP contribution in [0.2, 0.25) is 5.02 Å². The zero-order chi connectivity index (χ0) is 15.3. The quantitative estimate of drug-likeness (QED) is 0.807. The number of hydrogen-bond acceptors (Lipinski definition) is 3. The second-order valence-electron chi connectivity index (χ2n) is 6.20. The van der Waals surface area contributed by atoms with Crippen molar-refractivity contribution in [3.8, 4) is 5.75 Å². The summed E-state index contributed by atoms with van der Waals surface area (Å²) >= 11 is 6.06. The van der Waals surface area contributed by atoms with Crippen molar-refractivity contribution in [2.75, 3.05) is 19.6 Å². The number of rotatable bonds is 7. The molecule has 3 N–H and O–H groups in total. The van der Waals surface area contributed by atoms with Gasteiger partial charge in [0.15, 0.2) is 0 Å². The van der Waals surface area contributed by atoms with Gasteiger partial charge in [-0.3, -0.25) is 4.90 Å². The van der Waals surface area contributed by atoms with Crippen molar-refractivity contribution < 1.29 is 5.11 Å². The number of nitrogens with two attached hydrogens (primary N) is 1. The molecule has 0 radical (unpaired) electrons. The molecule has 3 nitrogen and oxygen atoms in total. The van der Waals surface area contributed by atoms with E-state index in [1.807, 2.05) is 6.07 Å². The maximum Gasteiger partial charge on any atom is 0.120 e. The van der Waals surface area contributed by atoms with Gasteiger partial charge >= 0.3 is 0 Å². The molecular formula is C16H27ClN2O. The summed E-state index contributed by atoms with van der Waals surface area (Å²) in [6.07, 6.45) is 0. The van der Waals surface area contributed by atoms with Gasteiger partial charge in [0.1, 0.15) is 5.75 Å². The highest BCUT2D eigenvalue weighted by Gasteiger charge is 2.23. The molecule has 0 amide bonds. The lowest BCUT2D eigenvalue weighted by molar-refractivity contribution is 0.158. The molecule has 0 bridgehead atoms. The van der Waals surface area contributed by atoms with Crippen molar-refractivity contribution in [3.05, 3.63) is 28.8 Å². The molecule has 0 saturated carbocycles. The Morgan fingerprint density at radius 3 is 2.15 bits per heavy atom. The Morgan fingerprint density at radius 1 is 1.15 bits per heavy atom. The van der Waals surface area contributed by atoms with Crippen LogP contribution in [0, 0.1) is 11.8 Å². The van der Waals surface area contributed by atoms with Crippen LogP contribution in [0.1, 0.15) is 39.3 Å². The van der Waals surface area contributed by atoms with E-state index in [9.17, 15) is 5.11 Å². The number of hydrogen-bond donors (Lipinski definition) is 2. The average molecular weight is 299 g/mol.